The molecule has 0 aliphatic carbocycles. The van der Waals surface area contributed by atoms with Crippen molar-refractivity contribution in [2.24, 2.45) is 0 Å². The normalized spacial score (nSPS) is 20.0. The molecule has 6 atom stereocenters. The lowest BCUT2D eigenvalue weighted by Crippen LogP contribution is -2.54. The van der Waals surface area contributed by atoms with Gasteiger partial charge in [-0.3, -0.25) is 24.7 Å². The Labute approximate surface area is 672 Å². The summed E-state index contributed by atoms with van der Waals surface area (Å²) in [5.74, 6) is -5.00. The molecule has 5 aliphatic rings. The number of nitrogens with one attached hydrogen (secondary N) is 1. The van der Waals surface area contributed by atoms with Gasteiger partial charge in [0.1, 0.15) is 41.5 Å². The Bertz CT molecular complexity index is 4370. The van der Waals surface area contributed by atoms with Gasteiger partial charge in [-0.25, -0.2) is 56.4 Å². The number of nitro benzene ring substituents is 1. The summed E-state index contributed by atoms with van der Waals surface area (Å²) in [6, 6.07) is 25.0. The summed E-state index contributed by atoms with van der Waals surface area (Å²) in [6.07, 6.45) is -0.508. The molecule has 7 aromatic rings. The lowest BCUT2D eigenvalue weighted by Gasteiger charge is -2.41. The number of hydrogen-bond acceptors (Lipinski definition) is 21. The number of sulfonamides is 3. The third-order valence-corrected chi connectivity index (χ3v) is 24.5. The number of hydrogen-bond donors (Lipinski definition) is 5. The summed E-state index contributed by atoms with van der Waals surface area (Å²) in [4.78, 5) is 38.6. The van der Waals surface area contributed by atoms with Crippen molar-refractivity contribution in [2.75, 3.05) is 138 Å². The molecule has 39 heteroatoms. The number of nitrogens with zero attached hydrogens (tertiary/aromatic N) is 7. The highest BCUT2D eigenvalue weighted by Crippen LogP contribution is 2.39. The molecule has 5 fully saturated rings. The van der Waals surface area contributed by atoms with Crippen LogP contribution >= 0.6 is 46.4 Å². The van der Waals surface area contributed by atoms with Gasteiger partial charge in [0.2, 0.25) is 35.3 Å². The molecule has 113 heavy (non-hydrogen) atoms. The van der Waals surface area contributed by atoms with Gasteiger partial charge in [0.15, 0.2) is 0 Å². The first kappa shape index (κ1) is 94.8. The lowest BCUT2D eigenvalue weighted by atomic mass is 10.0. The second kappa shape index (κ2) is 44.9. The van der Waals surface area contributed by atoms with Crippen LogP contribution in [0.2, 0.25) is 15.1 Å². The Morgan fingerprint density at radius 3 is 1.11 bits per heavy atom. The topological polar surface area (TPSA) is 329 Å². The quantitative estimate of drug-likeness (QED) is 0.0205. The molecule has 1 amide bonds. The first-order valence-corrected chi connectivity index (χ1v) is 40.1. The largest absolute Gasteiger partial charge is 0.448 e. The molecule has 5 aliphatic heterocycles. The Balaban J connectivity index is 0.000000234. The monoisotopic (exact) mass is 1730 g/mol. The number of β-amino-alcohol motifs (C(OH)–C–C–N with tert-alkyl or cyclic N) is 2. The van der Waals surface area contributed by atoms with Crippen LogP contribution in [0.15, 0.2) is 166 Å². The number of aliphatic hydroxyl groups excluding tert-OH is 4. The van der Waals surface area contributed by atoms with Crippen molar-refractivity contribution in [1.82, 2.24) is 32.9 Å². The van der Waals surface area contributed by atoms with Crippen LogP contribution in [0.3, 0.4) is 0 Å². The van der Waals surface area contributed by atoms with Crippen molar-refractivity contribution in [3.8, 4) is 0 Å². The number of non-ortho nitro benzene ring substituents is 1. The van der Waals surface area contributed by atoms with E-state index in [1.165, 1.54) is 102 Å². The van der Waals surface area contributed by atoms with Gasteiger partial charge >= 0.3 is 6.09 Å². The van der Waals surface area contributed by atoms with Crippen molar-refractivity contribution in [3.63, 3.8) is 0 Å². The molecule has 0 radical (unpaired) electrons. The van der Waals surface area contributed by atoms with E-state index in [1.54, 1.807) is 0 Å². The number of aliphatic hydroxyl groups is 4. The van der Waals surface area contributed by atoms with E-state index in [9.17, 15) is 81.5 Å². The maximum Gasteiger partial charge on any atom is 0.409 e. The highest BCUT2D eigenvalue weighted by Gasteiger charge is 2.45. The van der Waals surface area contributed by atoms with Gasteiger partial charge in [-0.2, -0.15) is 12.9 Å². The summed E-state index contributed by atoms with van der Waals surface area (Å²) in [7, 11) is -12.4. The lowest BCUT2D eigenvalue weighted by molar-refractivity contribution is -0.384. The van der Waals surface area contributed by atoms with Gasteiger partial charge in [-0.15, -0.1) is 0 Å². The first-order valence-electron chi connectivity index (χ1n) is 34.3. The molecular weight excluding hydrogens is 1640 g/mol. The summed E-state index contributed by atoms with van der Waals surface area (Å²) < 4.78 is 188. The number of piperazine rings is 2. The maximum absolute atomic E-state index is 14.1. The third-order valence-electron chi connectivity index (χ3n) is 17.7. The molecular formula is C74H88Cl4F6N8O18S3. The smallest absolute Gasteiger partial charge is 0.409 e. The second-order valence-corrected chi connectivity index (χ2v) is 32.6. The molecule has 12 rings (SSSR count). The van der Waals surface area contributed by atoms with Crippen molar-refractivity contribution in [2.45, 2.75) is 72.2 Å². The number of morpholine rings is 3. The number of carbonyl (C=O) groups excluding carboxylic acids is 2. The highest BCUT2D eigenvalue weighted by atomic mass is 35.5. The Morgan fingerprint density at radius 2 is 0.796 bits per heavy atom. The van der Waals surface area contributed by atoms with Crippen LogP contribution < -0.4 is 5.32 Å². The fourth-order valence-electron chi connectivity index (χ4n) is 12.4. The van der Waals surface area contributed by atoms with E-state index in [0.717, 1.165) is 82.0 Å². The van der Waals surface area contributed by atoms with Gasteiger partial charge in [-0.05, 0) is 143 Å². The third kappa shape index (κ3) is 26.7. The average molecular weight is 1730 g/mol. The minimum atomic E-state index is -4.22. The van der Waals surface area contributed by atoms with Crippen LogP contribution in [0.1, 0.15) is 55.2 Å². The van der Waals surface area contributed by atoms with Crippen LogP contribution in [-0.2, 0) is 60.2 Å². The number of carbonyl (C=O) groups is 2. The van der Waals surface area contributed by atoms with Gasteiger partial charge in [0.05, 0.1) is 122 Å². The number of halogens is 10. The maximum atomic E-state index is 14.1. The van der Waals surface area contributed by atoms with Crippen molar-refractivity contribution in [1.29, 1.82) is 0 Å². The van der Waals surface area contributed by atoms with Crippen LogP contribution in [0.25, 0.3) is 0 Å². The fourth-order valence-corrected chi connectivity index (χ4v) is 18.2. The molecule has 5 saturated heterocycles. The van der Waals surface area contributed by atoms with Gasteiger partial charge in [0.25, 0.3) is 5.69 Å². The minimum absolute atomic E-state index is 0. The summed E-state index contributed by atoms with van der Waals surface area (Å²) in [6.45, 7) is 6.14. The molecule has 26 nitrogen and oxygen atoms in total. The molecule has 0 spiro atoms. The average Bonchev–Trinajstić information content (AvgIpc) is 0.771. The molecule has 5 N–H and O–H groups in total. The number of benzene rings is 7. The summed E-state index contributed by atoms with van der Waals surface area (Å²) in [5.41, 5.74) is 0.971. The Hall–Kier alpha value is -7.05. The van der Waals surface area contributed by atoms with Crippen LogP contribution in [-0.4, -0.2) is 246 Å². The minimum Gasteiger partial charge on any atom is -0.448 e. The predicted octanol–water partition coefficient (Wildman–Crippen LogP) is 10.0. The van der Waals surface area contributed by atoms with E-state index >= 15 is 0 Å². The van der Waals surface area contributed by atoms with E-state index in [2.05, 4.69) is 10.2 Å². The van der Waals surface area contributed by atoms with Crippen LogP contribution in [0.5, 0.6) is 0 Å². The van der Waals surface area contributed by atoms with E-state index in [0.29, 0.717) is 78.2 Å². The van der Waals surface area contributed by atoms with Crippen molar-refractivity contribution in [3.05, 3.63) is 234 Å². The second-order valence-electron chi connectivity index (χ2n) is 25.4. The summed E-state index contributed by atoms with van der Waals surface area (Å²) in [5, 5.41) is 51.0. The molecule has 5 heterocycles. The van der Waals surface area contributed by atoms with Gasteiger partial charge < -0.3 is 49.6 Å². The van der Waals surface area contributed by atoms with Gasteiger partial charge in [-0.1, -0.05) is 61.8 Å². The number of nitro groups is 1. The standard InChI is InChI=1S/C24H28ClF2N3O6S.2C17H16ClF2NO4S.C8H6ClNO3.C6H14N2O.2CH4/c25-18-1-3-22(4-2-18)37(33,34)30-21(14-35-16-23(30)17-11-19(26)13-20(27)12-17)15-36-24(32)29-7-5-28(6-8-29)9-10-31;2*18-12-1-3-16(4-2-12)26(23,24)21-15(8-22)9-25-10-17(21)11-5-13(19)7-14(20)6-11;9-8(11)5-6-1-3-7(4-2-6)10(12)13;9-6-5-8-3-1-7-2-4-8;;/h1-4,11-13,21,23,31H,5-10,14-16H2;2*1-7,15,17,22H,8-10H2;1-4H,5H2;7,9H,1-6H2;2*1H4/t21-,23+;15-,17+;15-,17-;;;;/m110..../s1. The van der Waals surface area contributed by atoms with Crippen LogP contribution in [0.4, 0.5) is 36.8 Å². The zero-order valence-electron chi connectivity index (χ0n) is 59.1. The number of rotatable bonds is 20. The molecule has 620 valence electrons. The summed E-state index contributed by atoms with van der Waals surface area (Å²) >= 11 is 22.7. The number of ether oxygens (including phenoxy) is 4. The van der Waals surface area contributed by atoms with E-state index < -0.39 is 131 Å². The van der Waals surface area contributed by atoms with E-state index in [-0.39, 0.29) is 111 Å². The Morgan fingerprint density at radius 1 is 0.478 bits per heavy atom. The SMILES string of the molecule is C.C.O=C(Cl)Cc1ccc([N+](=O)[O-])cc1.O=C(OC[C@H]1COC[C@@H](c2cc(F)cc(F)c2)N1S(=O)(=O)c1ccc(Cl)cc1)N1CCN(CCO)CC1.O=S(=O)(c1ccc(Cl)cc1)N1[C@@H](CO)COC[C@H]1c1cc(F)cc(F)c1.O=S(=O)(c1ccc(Cl)cc1)N1[C@H](CO)COC[C@H]1c1cc(F)cc(F)c1.OCCN1CCNCC1. The first-order chi connectivity index (χ1) is 52.9. The van der Waals surface area contributed by atoms with E-state index in [4.69, 9.17) is 75.6 Å². The van der Waals surface area contributed by atoms with E-state index in [1.807, 2.05) is 4.90 Å². The van der Waals surface area contributed by atoms with Crippen molar-refractivity contribution < 1.29 is 105 Å². The number of amides is 1. The predicted molar refractivity (Wildman–Crippen MR) is 411 cm³/mol. The highest BCUT2D eigenvalue weighted by molar-refractivity contribution is 7.89. The molecule has 0 bridgehead atoms. The zero-order chi connectivity index (χ0) is 80.7. The molecule has 0 unspecified atom stereocenters. The molecule has 0 aromatic heterocycles. The zero-order valence-corrected chi connectivity index (χ0v) is 64.6. The van der Waals surface area contributed by atoms with Crippen LogP contribution in [0, 0.1) is 45.0 Å². The fraction of sp³-hybridized carbons (Fsp3) is 0.405. The molecule has 0 saturated carbocycles. The molecule has 7 aromatic carbocycles. The van der Waals surface area contributed by atoms with Crippen molar-refractivity contribution >= 4 is 93.5 Å². The Kier molecular flexibility index (Phi) is 37.7. The van der Waals surface area contributed by atoms with Gasteiger partial charge in [0, 0.05) is 117 Å².